The van der Waals surface area contributed by atoms with E-state index >= 15 is 0 Å². The Morgan fingerprint density at radius 2 is 1.77 bits per heavy atom. The number of carbonyl (C=O) groups excluding carboxylic acids is 1. The number of rotatable bonds is 6. The van der Waals surface area contributed by atoms with Crippen molar-refractivity contribution in [3.8, 4) is 11.4 Å². The topological polar surface area (TPSA) is 105 Å². The van der Waals surface area contributed by atoms with E-state index in [-0.39, 0.29) is 29.2 Å². The number of benzene rings is 2. The highest BCUT2D eigenvalue weighted by Gasteiger charge is 2.32. The van der Waals surface area contributed by atoms with Crippen molar-refractivity contribution in [1.29, 1.82) is 0 Å². The van der Waals surface area contributed by atoms with Crippen molar-refractivity contribution in [1.82, 2.24) is 19.8 Å². The zero-order valence-corrected chi connectivity index (χ0v) is 18.1. The van der Waals surface area contributed by atoms with E-state index in [0.717, 1.165) is 0 Å². The molecule has 0 saturated carbocycles. The minimum atomic E-state index is -3.54. The zero-order valence-electron chi connectivity index (χ0n) is 16.6. The third-order valence-corrected chi connectivity index (χ3v) is 7.44. The van der Waals surface area contributed by atoms with Gasteiger partial charge in [-0.25, -0.2) is 8.42 Å². The molecule has 0 aliphatic carbocycles. The van der Waals surface area contributed by atoms with Crippen LogP contribution < -0.4 is 5.32 Å². The van der Waals surface area contributed by atoms with E-state index < -0.39 is 10.0 Å². The van der Waals surface area contributed by atoms with Gasteiger partial charge in [-0.3, -0.25) is 4.79 Å². The number of halogens is 1. The van der Waals surface area contributed by atoms with Gasteiger partial charge in [0, 0.05) is 24.6 Å². The molecule has 1 aromatic heterocycles. The lowest BCUT2D eigenvalue weighted by Crippen LogP contribution is -2.42. The van der Waals surface area contributed by atoms with Crippen molar-refractivity contribution in [2.24, 2.45) is 5.92 Å². The average molecular weight is 461 g/mol. The van der Waals surface area contributed by atoms with Crippen LogP contribution in [-0.4, -0.2) is 41.9 Å². The molecule has 1 aliphatic rings. The predicted molar refractivity (Wildman–Crippen MR) is 115 cm³/mol. The van der Waals surface area contributed by atoms with Gasteiger partial charge in [-0.1, -0.05) is 47.1 Å². The van der Waals surface area contributed by atoms with Crippen LogP contribution in [0.1, 0.15) is 18.7 Å². The molecule has 1 amide bonds. The third-order valence-electron chi connectivity index (χ3n) is 5.20. The first-order valence-electron chi connectivity index (χ1n) is 9.85. The molecule has 0 unspecified atom stereocenters. The fourth-order valence-corrected chi connectivity index (χ4v) is 5.20. The molecular formula is C21H21ClN4O4S. The first-order chi connectivity index (χ1) is 14.9. The molecule has 10 heteroatoms. The number of hydrogen-bond donors (Lipinski definition) is 1. The second-order valence-electron chi connectivity index (χ2n) is 7.20. The Balaban J connectivity index is 1.31. The summed E-state index contributed by atoms with van der Waals surface area (Å²) in [5.74, 6) is 0.198. The Labute approximate surface area is 185 Å². The van der Waals surface area contributed by atoms with E-state index in [1.54, 1.807) is 42.5 Å². The van der Waals surface area contributed by atoms with Gasteiger partial charge in [-0.15, -0.1) is 0 Å². The molecule has 1 fully saturated rings. The van der Waals surface area contributed by atoms with Gasteiger partial charge in [0.1, 0.15) is 0 Å². The number of sulfonamides is 1. The van der Waals surface area contributed by atoms with Gasteiger partial charge in [0.05, 0.1) is 16.5 Å². The van der Waals surface area contributed by atoms with Crippen molar-refractivity contribution in [3.05, 3.63) is 65.5 Å². The summed E-state index contributed by atoms with van der Waals surface area (Å²) in [5, 5.41) is 7.22. The zero-order chi connectivity index (χ0) is 21.8. The van der Waals surface area contributed by atoms with Crippen LogP contribution in [0.2, 0.25) is 5.02 Å². The maximum atomic E-state index is 12.7. The van der Waals surface area contributed by atoms with Crippen molar-refractivity contribution in [3.63, 3.8) is 0 Å². The van der Waals surface area contributed by atoms with Crippen LogP contribution in [-0.2, 0) is 21.4 Å². The molecule has 4 rings (SSSR count). The monoisotopic (exact) mass is 460 g/mol. The number of aromatic nitrogens is 2. The van der Waals surface area contributed by atoms with E-state index in [1.165, 1.54) is 4.31 Å². The van der Waals surface area contributed by atoms with Crippen LogP contribution in [0.15, 0.2) is 64.0 Å². The summed E-state index contributed by atoms with van der Waals surface area (Å²) in [6, 6.07) is 15.5. The normalized spacial score (nSPS) is 15.6. The number of amides is 1. The lowest BCUT2D eigenvalue weighted by Gasteiger charge is -2.30. The van der Waals surface area contributed by atoms with E-state index in [2.05, 4.69) is 15.5 Å². The molecular weight excluding hydrogens is 440 g/mol. The van der Waals surface area contributed by atoms with Gasteiger partial charge in [0.2, 0.25) is 27.6 Å². The fourth-order valence-electron chi connectivity index (χ4n) is 3.49. The lowest BCUT2D eigenvalue weighted by molar-refractivity contribution is -0.126. The van der Waals surface area contributed by atoms with E-state index in [9.17, 15) is 13.2 Å². The smallest absolute Gasteiger partial charge is 0.246 e. The van der Waals surface area contributed by atoms with Gasteiger partial charge >= 0.3 is 0 Å². The minimum absolute atomic E-state index is 0.0960. The molecule has 1 aliphatic heterocycles. The Morgan fingerprint density at radius 3 is 2.48 bits per heavy atom. The van der Waals surface area contributed by atoms with Crippen LogP contribution in [0.5, 0.6) is 0 Å². The summed E-state index contributed by atoms with van der Waals surface area (Å²) in [6.45, 7) is 0.692. The van der Waals surface area contributed by atoms with Crippen LogP contribution in [0, 0.1) is 5.92 Å². The van der Waals surface area contributed by atoms with Gasteiger partial charge < -0.3 is 9.84 Å². The molecule has 0 radical (unpaired) electrons. The molecule has 2 heterocycles. The predicted octanol–water partition coefficient (Wildman–Crippen LogP) is 3.11. The maximum absolute atomic E-state index is 12.7. The van der Waals surface area contributed by atoms with Crippen LogP contribution in [0.25, 0.3) is 11.4 Å². The van der Waals surface area contributed by atoms with Crippen LogP contribution >= 0.6 is 11.6 Å². The summed E-state index contributed by atoms with van der Waals surface area (Å²) < 4.78 is 32.0. The van der Waals surface area contributed by atoms with Gasteiger partial charge in [-0.2, -0.15) is 9.29 Å². The Hall–Kier alpha value is -2.75. The number of carbonyl (C=O) groups is 1. The molecule has 8 nitrogen and oxygen atoms in total. The van der Waals surface area contributed by atoms with Crippen molar-refractivity contribution >= 4 is 27.5 Å². The fraction of sp³-hybridized carbons (Fsp3) is 0.286. The van der Waals surface area contributed by atoms with E-state index in [1.807, 2.05) is 12.1 Å². The molecule has 162 valence electrons. The Morgan fingerprint density at radius 1 is 1.10 bits per heavy atom. The molecule has 1 N–H and O–H groups in total. The summed E-state index contributed by atoms with van der Waals surface area (Å²) in [7, 11) is -3.54. The second kappa shape index (κ2) is 9.17. The third kappa shape index (κ3) is 4.79. The second-order valence-corrected chi connectivity index (χ2v) is 9.55. The van der Waals surface area contributed by atoms with Crippen LogP contribution in [0.3, 0.4) is 0 Å². The van der Waals surface area contributed by atoms with Crippen molar-refractivity contribution < 1.29 is 17.7 Å². The SMILES string of the molecule is O=C(NCc1nc(-c2ccccc2Cl)no1)C1CCN(S(=O)(=O)c2ccccc2)CC1. The first-order valence-corrected chi connectivity index (χ1v) is 11.7. The summed E-state index contributed by atoms with van der Waals surface area (Å²) >= 11 is 6.14. The standard InChI is InChI=1S/C21H21ClN4O4S/c22-18-9-5-4-8-17(18)20-24-19(30-25-20)14-23-21(27)15-10-12-26(13-11-15)31(28,29)16-6-2-1-3-7-16/h1-9,15H,10-14H2,(H,23,27). The highest BCUT2D eigenvalue weighted by atomic mass is 35.5. The molecule has 0 bridgehead atoms. The summed E-state index contributed by atoms with van der Waals surface area (Å²) in [4.78, 5) is 17.1. The minimum Gasteiger partial charge on any atom is -0.347 e. The van der Waals surface area contributed by atoms with E-state index in [4.69, 9.17) is 16.1 Å². The van der Waals surface area contributed by atoms with Gasteiger partial charge in [-0.05, 0) is 37.1 Å². The lowest BCUT2D eigenvalue weighted by atomic mass is 9.97. The van der Waals surface area contributed by atoms with Crippen LogP contribution in [0.4, 0.5) is 0 Å². The van der Waals surface area contributed by atoms with E-state index in [0.29, 0.717) is 42.3 Å². The average Bonchev–Trinajstić information content (AvgIpc) is 3.27. The number of nitrogens with one attached hydrogen (secondary N) is 1. The molecule has 1 saturated heterocycles. The molecule has 31 heavy (non-hydrogen) atoms. The number of nitrogens with zero attached hydrogens (tertiary/aromatic N) is 3. The maximum Gasteiger partial charge on any atom is 0.246 e. The molecule has 2 aromatic carbocycles. The highest BCUT2D eigenvalue weighted by Crippen LogP contribution is 2.26. The largest absolute Gasteiger partial charge is 0.347 e. The highest BCUT2D eigenvalue weighted by molar-refractivity contribution is 7.89. The number of piperidine rings is 1. The number of hydrogen-bond acceptors (Lipinski definition) is 6. The Kier molecular flexibility index (Phi) is 6.35. The summed E-state index contributed by atoms with van der Waals surface area (Å²) in [5.41, 5.74) is 0.650. The quantitative estimate of drug-likeness (QED) is 0.606. The molecule has 0 atom stereocenters. The summed E-state index contributed by atoms with van der Waals surface area (Å²) in [6.07, 6.45) is 0.902. The van der Waals surface area contributed by atoms with Gasteiger partial charge in [0.15, 0.2) is 0 Å². The van der Waals surface area contributed by atoms with Crippen molar-refractivity contribution in [2.75, 3.05) is 13.1 Å². The molecule has 0 spiro atoms. The Bertz CT molecular complexity index is 1160. The van der Waals surface area contributed by atoms with Crippen molar-refractivity contribution in [2.45, 2.75) is 24.3 Å². The van der Waals surface area contributed by atoms with Gasteiger partial charge in [0.25, 0.3) is 0 Å². The first kappa shape index (κ1) is 21.5. The molecule has 3 aromatic rings.